The number of amides is 2. The minimum Gasteiger partial charge on any atom is -0.342 e. The van der Waals surface area contributed by atoms with Crippen LogP contribution in [0.4, 0.5) is 18.9 Å². The van der Waals surface area contributed by atoms with Gasteiger partial charge in [0.25, 0.3) is 21.7 Å². The summed E-state index contributed by atoms with van der Waals surface area (Å²) in [5.41, 5.74) is -4.08. The predicted molar refractivity (Wildman–Crippen MR) is 161 cm³/mol. The van der Waals surface area contributed by atoms with E-state index in [4.69, 9.17) is 0 Å². The Hall–Kier alpha value is -3.32. The fraction of sp³-hybridized carbons (Fsp3) is 0.467. The van der Waals surface area contributed by atoms with Gasteiger partial charge >= 0.3 is 5.51 Å². The molecule has 1 aromatic heterocycles. The van der Waals surface area contributed by atoms with Crippen LogP contribution in [0.25, 0.3) is 0 Å². The van der Waals surface area contributed by atoms with Crippen molar-refractivity contribution in [2.45, 2.75) is 81.7 Å². The van der Waals surface area contributed by atoms with Crippen LogP contribution in [0.3, 0.4) is 0 Å². The van der Waals surface area contributed by atoms with E-state index in [0.717, 1.165) is 54.7 Å². The van der Waals surface area contributed by atoms with Crippen molar-refractivity contribution in [3.05, 3.63) is 64.3 Å². The molecule has 2 N–H and O–H groups in total. The number of rotatable bonds is 9. The van der Waals surface area contributed by atoms with Gasteiger partial charge in [-0.3, -0.25) is 14.6 Å². The average Bonchev–Trinajstić information content (AvgIpc) is 3.46. The second kappa shape index (κ2) is 14.0. The molecular formula is C30H35F3N4O4S2. The lowest BCUT2D eigenvalue weighted by Crippen LogP contribution is -2.32. The van der Waals surface area contributed by atoms with E-state index in [2.05, 4.69) is 27.5 Å². The molecule has 1 saturated carbocycles. The molecule has 2 amide bonds. The summed E-state index contributed by atoms with van der Waals surface area (Å²) in [4.78, 5) is 33.7. The number of aliphatic imine (C=N–C) groups is 1. The Bertz CT molecular complexity index is 1520. The lowest BCUT2D eigenvalue weighted by molar-refractivity contribution is -0.115. The Morgan fingerprint density at radius 3 is 2.60 bits per heavy atom. The molecule has 2 unspecified atom stereocenters. The number of sulfone groups is 1. The van der Waals surface area contributed by atoms with Gasteiger partial charge in [0.15, 0.2) is 0 Å². The van der Waals surface area contributed by atoms with Crippen molar-refractivity contribution in [1.29, 1.82) is 0 Å². The standard InChI is InChI=1S/C30H35F3N4O4S2/c1-19-8-7-15-34-25(16-22(19)14-13-21-9-4-3-5-10-21)27(38)36-20(2)29-35-18-26(42-29)28(39)37-23-11-6-12-24(17-23)43(40,41)30(31,32)33/h6-7,11-12,15-21H,3-5,8-10,13-14H2,1-2H3,(H,36,38)(H,37,39)/b15-7+,22-16?,34-25?. The van der Waals surface area contributed by atoms with Crippen molar-refractivity contribution in [3.63, 3.8) is 0 Å². The van der Waals surface area contributed by atoms with Crippen molar-refractivity contribution in [2.24, 2.45) is 16.8 Å². The van der Waals surface area contributed by atoms with Crippen LogP contribution in [-0.2, 0) is 14.6 Å². The first kappa shape index (κ1) is 32.6. The van der Waals surface area contributed by atoms with Crippen molar-refractivity contribution in [1.82, 2.24) is 10.3 Å². The number of carbonyl (C=O) groups excluding carboxylic acids is 2. The molecule has 2 aromatic rings. The number of benzene rings is 1. The lowest BCUT2D eigenvalue weighted by atomic mass is 9.83. The number of aromatic nitrogens is 1. The molecule has 1 aromatic carbocycles. The third-order valence-electron chi connectivity index (χ3n) is 7.73. The van der Waals surface area contributed by atoms with Gasteiger partial charge in [-0.05, 0) is 62.3 Å². The minimum absolute atomic E-state index is 0.123. The molecule has 4 rings (SSSR count). The Morgan fingerprint density at radius 1 is 1.14 bits per heavy atom. The van der Waals surface area contributed by atoms with Gasteiger partial charge in [0.1, 0.15) is 15.6 Å². The maximum absolute atomic E-state index is 13.2. The zero-order valence-electron chi connectivity index (χ0n) is 24.0. The van der Waals surface area contributed by atoms with Gasteiger partial charge in [0, 0.05) is 11.9 Å². The van der Waals surface area contributed by atoms with E-state index >= 15 is 0 Å². The topological polar surface area (TPSA) is 118 Å². The van der Waals surface area contributed by atoms with E-state index in [-0.39, 0.29) is 16.5 Å². The monoisotopic (exact) mass is 636 g/mol. The molecule has 8 nitrogen and oxygen atoms in total. The maximum Gasteiger partial charge on any atom is 0.501 e. The normalized spacial score (nSPS) is 19.8. The predicted octanol–water partition coefficient (Wildman–Crippen LogP) is 7.15. The van der Waals surface area contributed by atoms with Crippen molar-refractivity contribution in [2.75, 3.05) is 5.32 Å². The fourth-order valence-electron chi connectivity index (χ4n) is 5.19. The van der Waals surface area contributed by atoms with Crippen LogP contribution in [0.1, 0.15) is 85.9 Å². The number of thiazole rings is 1. The Morgan fingerprint density at radius 2 is 1.88 bits per heavy atom. The van der Waals surface area contributed by atoms with E-state index in [1.54, 1.807) is 13.1 Å². The second-order valence-electron chi connectivity index (χ2n) is 11.0. The van der Waals surface area contributed by atoms with Gasteiger partial charge in [0.2, 0.25) is 0 Å². The first-order chi connectivity index (χ1) is 20.3. The molecular weight excluding hydrogens is 601 g/mol. The highest BCUT2D eigenvalue weighted by Crippen LogP contribution is 2.33. The van der Waals surface area contributed by atoms with Crippen LogP contribution in [-0.4, -0.2) is 36.4 Å². The third kappa shape index (κ3) is 8.41. The molecule has 232 valence electrons. The Kier molecular flexibility index (Phi) is 10.6. The molecule has 0 bridgehead atoms. The summed E-state index contributed by atoms with van der Waals surface area (Å²) in [6.45, 7) is 3.88. The number of hydrogen-bond donors (Lipinski definition) is 2. The summed E-state index contributed by atoms with van der Waals surface area (Å²) in [5, 5.41) is 5.73. The molecule has 2 atom stereocenters. The number of carbonyl (C=O) groups is 2. The molecule has 0 spiro atoms. The van der Waals surface area contributed by atoms with Crippen LogP contribution >= 0.6 is 11.3 Å². The lowest BCUT2D eigenvalue weighted by Gasteiger charge is -2.24. The first-order valence-corrected chi connectivity index (χ1v) is 16.6. The zero-order chi connectivity index (χ0) is 31.2. The van der Waals surface area contributed by atoms with Crippen LogP contribution < -0.4 is 10.6 Å². The molecule has 0 saturated heterocycles. The summed E-state index contributed by atoms with van der Waals surface area (Å²) in [6, 6.07) is 3.37. The number of halogens is 3. The largest absolute Gasteiger partial charge is 0.501 e. The molecule has 0 radical (unpaired) electrons. The van der Waals surface area contributed by atoms with Gasteiger partial charge in [-0.2, -0.15) is 13.2 Å². The molecule has 43 heavy (non-hydrogen) atoms. The summed E-state index contributed by atoms with van der Waals surface area (Å²) < 4.78 is 62.2. The van der Waals surface area contributed by atoms with Crippen LogP contribution in [0.5, 0.6) is 0 Å². The summed E-state index contributed by atoms with van der Waals surface area (Å²) >= 11 is 0.998. The highest BCUT2D eigenvalue weighted by molar-refractivity contribution is 7.92. The quantitative estimate of drug-likeness (QED) is 0.303. The van der Waals surface area contributed by atoms with Gasteiger partial charge in [-0.25, -0.2) is 13.4 Å². The van der Waals surface area contributed by atoms with E-state index in [0.29, 0.717) is 16.6 Å². The first-order valence-electron chi connectivity index (χ1n) is 14.3. The van der Waals surface area contributed by atoms with E-state index in [9.17, 15) is 31.2 Å². The van der Waals surface area contributed by atoms with E-state index in [1.807, 2.05) is 12.2 Å². The fourth-order valence-corrected chi connectivity index (χ4v) is 6.81. The average molecular weight is 637 g/mol. The summed E-state index contributed by atoms with van der Waals surface area (Å²) in [6.07, 6.45) is 16.1. The molecule has 1 aliphatic heterocycles. The molecule has 1 aliphatic carbocycles. The smallest absolute Gasteiger partial charge is 0.342 e. The van der Waals surface area contributed by atoms with Gasteiger partial charge in [-0.15, -0.1) is 11.3 Å². The number of alkyl halides is 3. The Labute approximate surface area is 253 Å². The van der Waals surface area contributed by atoms with Crippen molar-refractivity contribution >= 4 is 44.4 Å². The Balaban J connectivity index is 1.40. The van der Waals surface area contributed by atoms with Crippen molar-refractivity contribution in [3.8, 4) is 0 Å². The van der Waals surface area contributed by atoms with Gasteiger partial charge in [0.05, 0.1) is 17.1 Å². The van der Waals surface area contributed by atoms with Crippen LogP contribution in [0, 0.1) is 11.8 Å². The minimum atomic E-state index is -5.57. The molecule has 2 aliphatic rings. The van der Waals surface area contributed by atoms with Crippen LogP contribution in [0.15, 0.2) is 64.3 Å². The number of allylic oxidation sites excluding steroid dienone is 2. The van der Waals surface area contributed by atoms with E-state index < -0.39 is 32.2 Å². The van der Waals surface area contributed by atoms with E-state index in [1.165, 1.54) is 49.9 Å². The number of nitrogens with one attached hydrogen (secondary N) is 2. The van der Waals surface area contributed by atoms with Gasteiger partial charge in [-0.1, -0.05) is 56.7 Å². The maximum atomic E-state index is 13.2. The number of hydrogen-bond acceptors (Lipinski definition) is 7. The summed E-state index contributed by atoms with van der Waals surface area (Å²) in [5.74, 6) is -0.0294. The molecule has 2 heterocycles. The second-order valence-corrected chi connectivity index (χ2v) is 14.0. The third-order valence-corrected chi connectivity index (χ3v) is 10.4. The SMILES string of the molecule is CC1C/C=C/N=C(C(=O)NC(C)c2ncc(C(=O)Nc3cccc(S(=O)(=O)C(F)(F)F)c3)s2)C=C1CCC1CCCCC1. The summed E-state index contributed by atoms with van der Waals surface area (Å²) in [7, 11) is -5.57. The van der Waals surface area contributed by atoms with Crippen LogP contribution in [0.2, 0.25) is 0 Å². The zero-order valence-corrected chi connectivity index (χ0v) is 25.6. The molecule has 13 heteroatoms. The number of anilines is 1. The highest BCUT2D eigenvalue weighted by Gasteiger charge is 2.46. The number of nitrogens with zero attached hydrogens (tertiary/aromatic N) is 2. The van der Waals surface area contributed by atoms with Crippen molar-refractivity contribution < 1.29 is 31.2 Å². The van der Waals surface area contributed by atoms with Gasteiger partial charge < -0.3 is 10.6 Å². The highest BCUT2D eigenvalue weighted by atomic mass is 32.2. The molecule has 1 fully saturated rings.